The molecule has 10 heteroatoms. The van der Waals surface area contributed by atoms with Crippen LogP contribution in [0.1, 0.15) is 5.56 Å². The van der Waals surface area contributed by atoms with E-state index in [1.807, 2.05) is 0 Å². The van der Waals surface area contributed by atoms with Gasteiger partial charge in [0.1, 0.15) is 0 Å². The number of aromatic nitrogens is 3. The summed E-state index contributed by atoms with van der Waals surface area (Å²) in [7, 11) is -1.65. The Hall–Kier alpha value is -2.07. The fourth-order valence-electron chi connectivity index (χ4n) is 1.51. The van der Waals surface area contributed by atoms with Crippen molar-refractivity contribution in [3.05, 3.63) is 36.3 Å². The molecule has 0 aromatic carbocycles. The van der Waals surface area contributed by atoms with Gasteiger partial charge in [-0.1, -0.05) is 0 Å². The van der Waals surface area contributed by atoms with Crippen molar-refractivity contribution in [2.75, 3.05) is 0 Å². The maximum absolute atomic E-state index is 12.1. The van der Waals surface area contributed by atoms with Gasteiger partial charge < -0.3 is 14.8 Å². The molecule has 2 aromatic heterocycles. The third kappa shape index (κ3) is 3.97. The molecular weight excluding hydrogens is 278 g/mol. The normalized spacial score (nSPS) is 11.4. The molecular formula is C10H9BF3N3O3. The van der Waals surface area contributed by atoms with Gasteiger partial charge in [-0.3, -0.25) is 4.68 Å². The largest absolute Gasteiger partial charge is 0.574 e. The Kier molecular flexibility index (Phi) is 3.95. The van der Waals surface area contributed by atoms with E-state index in [1.54, 1.807) is 0 Å². The highest BCUT2D eigenvalue weighted by Crippen LogP contribution is 2.21. The molecule has 0 spiro atoms. The lowest BCUT2D eigenvalue weighted by atomic mass is 9.83. The maximum Gasteiger partial charge on any atom is 0.574 e. The standard InChI is InChI=1S/C10H9BF3N3O3/c12-10(13,14)20-9-3-7(1-2-15-9)5-17-6-8(4-16-17)11(18)19/h1-4,6,18-19H,5H2. The van der Waals surface area contributed by atoms with Crippen LogP contribution < -0.4 is 10.2 Å². The predicted molar refractivity (Wildman–Crippen MR) is 62.1 cm³/mol. The first-order valence-electron chi connectivity index (χ1n) is 5.42. The average Bonchev–Trinajstić information content (AvgIpc) is 2.75. The smallest absolute Gasteiger partial charge is 0.423 e. The maximum atomic E-state index is 12.1. The number of alkyl halides is 3. The van der Waals surface area contributed by atoms with Crippen LogP contribution in [0, 0.1) is 0 Å². The van der Waals surface area contributed by atoms with E-state index in [-0.39, 0.29) is 12.0 Å². The van der Waals surface area contributed by atoms with Gasteiger partial charge in [-0.25, -0.2) is 4.98 Å². The van der Waals surface area contributed by atoms with Gasteiger partial charge in [-0.15, -0.1) is 13.2 Å². The molecule has 20 heavy (non-hydrogen) atoms. The Morgan fingerprint density at radius 2 is 2.10 bits per heavy atom. The highest BCUT2D eigenvalue weighted by atomic mass is 19.4. The molecule has 0 unspecified atom stereocenters. The zero-order valence-electron chi connectivity index (χ0n) is 9.95. The number of hydrogen-bond donors (Lipinski definition) is 2. The Labute approximate surface area is 111 Å². The van der Waals surface area contributed by atoms with Crippen LogP contribution in [0.3, 0.4) is 0 Å². The summed E-state index contributed by atoms with van der Waals surface area (Å²) in [4.78, 5) is 3.45. The number of nitrogens with zero attached hydrogens (tertiary/aromatic N) is 3. The minimum atomic E-state index is -4.80. The molecule has 2 aromatic rings. The summed E-state index contributed by atoms with van der Waals surface area (Å²) in [6.45, 7) is 0.142. The Morgan fingerprint density at radius 3 is 2.70 bits per heavy atom. The van der Waals surface area contributed by atoms with E-state index in [9.17, 15) is 13.2 Å². The molecule has 0 saturated heterocycles. The number of halogens is 3. The molecule has 106 valence electrons. The van der Waals surface area contributed by atoms with Crippen LogP contribution in [0.4, 0.5) is 13.2 Å². The number of rotatable bonds is 4. The van der Waals surface area contributed by atoms with Crippen molar-refractivity contribution in [1.82, 2.24) is 14.8 Å². The van der Waals surface area contributed by atoms with Crippen LogP contribution in [-0.4, -0.2) is 38.3 Å². The van der Waals surface area contributed by atoms with Crippen molar-refractivity contribution in [3.63, 3.8) is 0 Å². The molecule has 2 heterocycles. The third-order valence-electron chi connectivity index (χ3n) is 2.32. The molecule has 2 N–H and O–H groups in total. The van der Waals surface area contributed by atoms with E-state index in [2.05, 4.69) is 14.8 Å². The van der Waals surface area contributed by atoms with E-state index < -0.39 is 19.4 Å². The van der Waals surface area contributed by atoms with Crippen LogP contribution in [0.25, 0.3) is 0 Å². The second-order valence-corrected chi connectivity index (χ2v) is 3.90. The Balaban J connectivity index is 2.11. The Bertz CT molecular complexity index is 588. The van der Waals surface area contributed by atoms with Crippen LogP contribution in [-0.2, 0) is 6.54 Å². The first kappa shape index (κ1) is 14.3. The van der Waals surface area contributed by atoms with Gasteiger partial charge in [0, 0.05) is 30.1 Å². The van der Waals surface area contributed by atoms with E-state index >= 15 is 0 Å². The van der Waals surface area contributed by atoms with Crippen molar-refractivity contribution in [2.24, 2.45) is 0 Å². The summed E-state index contributed by atoms with van der Waals surface area (Å²) in [5.74, 6) is -0.565. The summed E-state index contributed by atoms with van der Waals surface area (Å²) in [5.41, 5.74) is 0.659. The van der Waals surface area contributed by atoms with E-state index in [4.69, 9.17) is 10.0 Å². The lowest BCUT2D eigenvalue weighted by Gasteiger charge is -2.09. The molecule has 0 bridgehead atoms. The Morgan fingerprint density at radius 1 is 1.35 bits per heavy atom. The van der Waals surface area contributed by atoms with Crippen molar-refractivity contribution in [2.45, 2.75) is 12.9 Å². The van der Waals surface area contributed by atoms with Crippen LogP contribution in [0.15, 0.2) is 30.7 Å². The van der Waals surface area contributed by atoms with Crippen molar-refractivity contribution < 1.29 is 28.0 Å². The second kappa shape index (κ2) is 5.51. The molecule has 0 amide bonds. The molecule has 0 aliphatic carbocycles. The lowest BCUT2D eigenvalue weighted by molar-refractivity contribution is -0.276. The molecule has 0 atom stereocenters. The fraction of sp³-hybridized carbons (Fsp3) is 0.200. The van der Waals surface area contributed by atoms with Crippen molar-refractivity contribution in [3.8, 4) is 5.88 Å². The molecule has 0 saturated carbocycles. The number of ether oxygens (including phenoxy) is 1. The third-order valence-corrected chi connectivity index (χ3v) is 2.32. The van der Waals surface area contributed by atoms with Gasteiger partial charge in [0.05, 0.1) is 6.54 Å². The lowest BCUT2D eigenvalue weighted by Crippen LogP contribution is -2.28. The predicted octanol–water partition coefficient (Wildman–Crippen LogP) is -0.0952. The van der Waals surface area contributed by atoms with E-state index in [0.29, 0.717) is 5.56 Å². The highest BCUT2D eigenvalue weighted by Gasteiger charge is 2.31. The molecule has 2 rings (SSSR count). The topological polar surface area (TPSA) is 80.4 Å². The van der Waals surface area contributed by atoms with Crippen molar-refractivity contribution >= 4 is 12.6 Å². The van der Waals surface area contributed by atoms with Gasteiger partial charge >= 0.3 is 13.5 Å². The highest BCUT2D eigenvalue weighted by molar-refractivity contribution is 6.58. The van der Waals surface area contributed by atoms with Crippen molar-refractivity contribution in [1.29, 1.82) is 0 Å². The fourth-order valence-corrected chi connectivity index (χ4v) is 1.51. The molecule has 0 aliphatic rings. The summed E-state index contributed by atoms with van der Waals surface area (Å²) < 4.78 is 41.2. The van der Waals surface area contributed by atoms with E-state index in [1.165, 1.54) is 29.3 Å². The quantitative estimate of drug-likeness (QED) is 0.768. The van der Waals surface area contributed by atoms with Gasteiger partial charge in [0.25, 0.3) is 0 Å². The summed E-state index contributed by atoms with van der Waals surface area (Å²) in [5, 5.41) is 21.7. The molecule has 6 nitrogen and oxygen atoms in total. The molecule has 0 radical (unpaired) electrons. The minimum Gasteiger partial charge on any atom is -0.423 e. The zero-order chi connectivity index (χ0) is 14.8. The van der Waals surface area contributed by atoms with Gasteiger partial charge in [0.2, 0.25) is 5.88 Å². The molecule has 0 fully saturated rings. The molecule has 0 aliphatic heterocycles. The number of hydrogen-bond acceptors (Lipinski definition) is 5. The van der Waals surface area contributed by atoms with Gasteiger partial charge in [-0.05, 0) is 11.6 Å². The van der Waals surface area contributed by atoms with Crippen LogP contribution in [0.2, 0.25) is 0 Å². The zero-order valence-corrected chi connectivity index (χ0v) is 9.95. The summed E-state index contributed by atoms with van der Waals surface area (Å²) >= 11 is 0. The number of pyridine rings is 1. The van der Waals surface area contributed by atoms with Gasteiger partial charge in [0.15, 0.2) is 0 Å². The van der Waals surface area contributed by atoms with Crippen LogP contribution in [0.5, 0.6) is 5.88 Å². The monoisotopic (exact) mass is 287 g/mol. The minimum absolute atomic E-state index is 0.142. The second-order valence-electron chi connectivity index (χ2n) is 3.90. The van der Waals surface area contributed by atoms with Crippen LogP contribution >= 0.6 is 0 Å². The first-order chi connectivity index (χ1) is 9.33. The summed E-state index contributed by atoms with van der Waals surface area (Å²) in [6.07, 6.45) is -0.998. The average molecular weight is 287 g/mol. The van der Waals surface area contributed by atoms with Gasteiger partial charge in [-0.2, -0.15) is 5.10 Å². The first-order valence-corrected chi connectivity index (χ1v) is 5.42. The SMILES string of the molecule is OB(O)c1cnn(Cc2ccnc(OC(F)(F)F)c2)c1. The summed E-state index contributed by atoms with van der Waals surface area (Å²) in [6, 6.07) is 2.63. The van der Waals surface area contributed by atoms with E-state index in [0.717, 1.165) is 6.07 Å².